The Morgan fingerprint density at radius 1 is 0.930 bits per heavy atom. The van der Waals surface area contributed by atoms with Crippen molar-refractivity contribution in [2.45, 2.75) is 98.8 Å². The zero-order valence-electron chi connectivity index (χ0n) is 27.0. The topological polar surface area (TPSA) is 69.7 Å². The molecule has 1 heterocycles. The Balaban J connectivity index is 1.59. The Labute approximate surface area is 257 Å². The highest BCUT2D eigenvalue weighted by atomic mass is 16.2. The molecule has 0 bridgehead atoms. The molecule has 3 aromatic carbocycles. The fourth-order valence-corrected chi connectivity index (χ4v) is 6.08. The van der Waals surface area contributed by atoms with E-state index in [9.17, 15) is 14.4 Å². The summed E-state index contributed by atoms with van der Waals surface area (Å²) in [4.78, 5) is 44.7. The number of nitrogens with zero attached hydrogens (tertiary/aromatic N) is 2. The summed E-state index contributed by atoms with van der Waals surface area (Å²) in [6.07, 6.45) is 0.275. The van der Waals surface area contributed by atoms with E-state index in [2.05, 4.69) is 62.5 Å². The molecule has 0 aromatic heterocycles. The van der Waals surface area contributed by atoms with Crippen molar-refractivity contribution in [1.29, 1.82) is 0 Å². The molecule has 3 amide bonds. The number of fused-ring (bicyclic) bond motifs is 1. The normalized spacial score (nSPS) is 15.9. The molecule has 1 N–H and O–H groups in total. The van der Waals surface area contributed by atoms with E-state index in [-0.39, 0.29) is 48.1 Å². The van der Waals surface area contributed by atoms with E-state index >= 15 is 0 Å². The lowest BCUT2D eigenvalue weighted by molar-refractivity contribution is -0.139. The van der Waals surface area contributed by atoms with E-state index in [0.29, 0.717) is 24.4 Å². The third-order valence-corrected chi connectivity index (χ3v) is 8.46. The molecule has 43 heavy (non-hydrogen) atoms. The minimum atomic E-state index is -0.620. The zero-order valence-corrected chi connectivity index (χ0v) is 27.0. The molecule has 0 radical (unpaired) electrons. The molecule has 6 nitrogen and oxygen atoms in total. The minimum absolute atomic E-state index is 0.00580. The molecule has 228 valence electrons. The number of hydrogen-bond donors (Lipinski definition) is 1. The number of amides is 3. The van der Waals surface area contributed by atoms with Crippen LogP contribution in [0.5, 0.6) is 0 Å². The van der Waals surface area contributed by atoms with Crippen molar-refractivity contribution in [1.82, 2.24) is 15.1 Å². The zero-order chi connectivity index (χ0) is 31.5. The maximum Gasteiger partial charge on any atom is 0.252 e. The summed E-state index contributed by atoms with van der Waals surface area (Å²) in [5.74, 6) is -0.999. The number of carbonyl (C=O) groups excluding carboxylic acids is 3. The van der Waals surface area contributed by atoms with Gasteiger partial charge >= 0.3 is 0 Å². The van der Waals surface area contributed by atoms with Gasteiger partial charge in [-0.25, -0.2) is 0 Å². The molecule has 0 spiro atoms. The molecular weight excluding hydrogens is 534 g/mol. The average Bonchev–Trinajstić information content (AvgIpc) is 2.95. The number of rotatable bonds is 9. The quantitative estimate of drug-likeness (QED) is 0.293. The molecule has 0 fully saturated rings. The van der Waals surface area contributed by atoms with E-state index in [0.717, 1.165) is 21.9 Å². The van der Waals surface area contributed by atoms with Gasteiger partial charge in [0.2, 0.25) is 11.8 Å². The van der Waals surface area contributed by atoms with Crippen LogP contribution in [0.4, 0.5) is 0 Å². The Bertz CT molecular complexity index is 1500. The summed E-state index contributed by atoms with van der Waals surface area (Å²) in [7, 11) is 0. The van der Waals surface area contributed by atoms with Crippen molar-refractivity contribution in [3.05, 3.63) is 94.7 Å². The first-order chi connectivity index (χ1) is 20.3. The predicted octanol–water partition coefficient (Wildman–Crippen LogP) is 7.11. The van der Waals surface area contributed by atoms with Gasteiger partial charge < -0.3 is 15.1 Å². The summed E-state index contributed by atoms with van der Waals surface area (Å²) in [5, 5.41) is 5.25. The van der Waals surface area contributed by atoms with Gasteiger partial charge in [-0.3, -0.25) is 14.4 Å². The van der Waals surface area contributed by atoms with Crippen molar-refractivity contribution >= 4 is 28.5 Å². The second-order valence-corrected chi connectivity index (χ2v) is 13.4. The van der Waals surface area contributed by atoms with Gasteiger partial charge in [-0.2, -0.15) is 0 Å². The highest BCUT2D eigenvalue weighted by Crippen LogP contribution is 2.33. The molecule has 1 aliphatic rings. The lowest BCUT2D eigenvalue weighted by atomic mass is 9.86. The first-order valence-corrected chi connectivity index (χ1v) is 15.4. The summed E-state index contributed by atoms with van der Waals surface area (Å²) in [6, 6.07) is 22.5. The number of benzene rings is 3. The van der Waals surface area contributed by atoms with Crippen LogP contribution in [-0.2, 0) is 32.9 Å². The van der Waals surface area contributed by atoms with Gasteiger partial charge in [-0.1, -0.05) is 87.5 Å². The summed E-state index contributed by atoms with van der Waals surface area (Å²) < 4.78 is 0. The van der Waals surface area contributed by atoms with Crippen LogP contribution in [0.25, 0.3) is 10.8 Å². The molecule has 0 aliphatic carbocycles. The fraction of sp³-hybridized carbons (Fsp3) is 0.432. The van der Waals surface area contributed by atoms with Crippen LogP contribution in [0.3, 0.4) is 0 Å². The van der Waals surface area contributed by atoms with E-state index in [1.54, 1.807) is 4.90 Å². The van der Waals surface area contributed by atoms with Crippen LogP contribution in [-0.4, -0.2) is 39.6 Å². The van der Waals surface area contributed by atoms with Crippen LogP contribution in [0, 0.1) is 5.92 Å². The van der Waals surface area contributed by atoms with E-state index in [4.69, 9.17) is 0 Å². The number of allylic oxidation sites excluding steroid dienone is 1. The molecule has 0 saturated heterocycles. The lowest BCUT2D eigenvalue weighted by Gasteiger charge is -2.38. The molecule has 3 aromatic rings. The third-order valence-electron chi connectivity index (χ3n) is 8.46. The molecular formula is C37H47N3O3. The fourth-order valence-electron chi connectivity index (χ4n) is 6.08. The van der Waals surface area contributed by atoms with Crippen molar-refractivity contribution < 1.29 is 14.4 Å². The lowest BCUT2D eigenvalue weighted by Crippen LogP contribution is -2.47. The van der Waals surface area contributed by atoms with Crippen LogP contribution in [0.2, 0.25) is 0 Å². The summed E-state index contributed by atoms with van der Waals surface area (Å²) in [6.45, 7) is 17.1. The van der Waals surface area contributed by atoms with Crippen molar-refractivity contribution in [3.8, 4) is 0 Å². The van der Waals surface area contributed by atoms with Gasteiger partial charge in [-0.15, -0.1) is 0 Å². The largest absolute Gasteiger partial charge is 0.352 e. The highest BCUT2D eigenvalue weighted by Gasteiger charge is 2.38. The Hall–Kier alpha value is -3.93. The second kappa shape index (κ2) is 13.2. The SMILES string of the molecule is CC1=C(C(=O)N(C(C)C)C(C)C)CC(CC(=O)NCc2cccc3ccccc23)C(=O)N1Cc1ccc(C(C)(C)C)cc1. The smallest absolute Gasteiger partial charge is 0.252 e. The average molecular weight is 582 g/mol. The molecule has 1 unspecified atom stereocenters. The Morgan fingerprint density at radius 3 is 2.19 bits per heavy atom. The summed E-state index contributed by atoms with van der Waals surface area (Å²) in [5.41, 5.74) is 4.54. The van der Waals surface area contributed by atoms with E-state index in [1.807, 2.05) is 69.9 Å². The minimum Gasteiger partial charge on any atom is -0.352 e. The summed E-state index contributed by atoms with van der Waals surface area (Å²) >= 11 is 0. The molecule has 4 rings (SSSR count). The Morgan fingerprint density at radius 2 is 1.56 bits per heavy atom. The molecule has 6 heteroatoms. The second-order valence-electron chi connectivity index (χ2n) is 13.4. The monoisotopic (exact) mass is 581 g/mol. The van der Waals surface area contributed by atoms with E-state index < -0.39 is 5.92 Å². The van der Waals surface area contributed by atoms with Crippen molar-refractivity contribution in [2.75, 3.05) is 0 Å². The van der Waals surface area contributed by atoms with Crippen molar-refractivity contribution in [2.24, 2.45) is 5.92 Å². The molecule has 1 atom stereocenters. The van der Waals surface area contributed by atoms with Gasteiger partial charge in [-0.05, 0) is 73.9 Å². The number of hydrogen-bond acceptors (Lipinski definition) is 3. The molecule has 1 aliphatic heterocycles. The maximum atomic E-state index is 13.9. The van der Waals surface area contributed by atoms with Crippen molar-refractivity contribution in [3.63, 3.8) is 0 Å². The van der Waals surface area contributed by atoms with E-state index in [1.165, 1.54) is 5.56 Å². The van der Waals surface area contributed by atoms with Gasteiger partial charge in [0.1, 0.15) is 0 Å². The molecule has 0 saturated carbocycles. The Kier molecular flexibility index (Phi) is 9.79. The number of carbonyl (C=O) groups is 3. The first-order valence-electron chi connectivity index (χ1n) is 15.4. The van der Waals surface area contributed by atoms with Gasteiger partial charge in [0.15, 0.2) is 0 Å². The van der Waals surface area contributed by atoms with Gasteiger partial charge in [0.05, 0.1) is 12.5 Å². The standard InChI is InChI=1S/C37H47N3O3/c1-24(2)40(25(3)4)36(43)33-20-30(21-34(41)38-22-29-14-11-13-28-12-9-10-15-32(28)29)35(42)39(26(33)5)23-27-16-18-31(19-17-27)37(6,7)8/h9-19,24-25,30H,20-23H2,1-8H3,(H,38,41). The third kappa shape index (κ3) is 7.35. The van der Waals surface area contributed by atoms with Gasteiger partial charge in [0.25, 0.3) is 5.91 Å². The van der Waals surface area contributed by atoms with Crippen LogP contribution in [0.1, 0.15) is 84.9 Å². The van der Waals surface area contributed by atoms with Gasteiger partial charge in [0, 0.05) is 36.3 Å². The number of nitrogens with one attached hydrogen (secondary N) is 1. The van der Waals surface area contributed by atoms with Crippen LogP contribution < -0.4 is 5.32 Å². The van der Waals surface area contributed by atoms with Crippen LogP contribution in [0.15, 0.2) is 78.0 Å². The maximum absolute atomic E-state index is 13.9. The first kappa shape index (κ1) is 32.0. The predicted molar refractivity (Wildman–Crippen MR) is 174 cm³/mol. The highest BCUT2D eigenvalue weighted by molar-refractivity contribution is 5.99. The van der Waals surface area contributed by atoms with Crippen LogP contribution >= 0.6 is 0 Å².